The van der Waals surface area contributed by atoms with Gasteiger partial charge in [-0.1, -0.05) is 48.2 Å². The Morgan fingerprint density at radius 2 is 1.63 bits per heavy atom. The fraction of sp³-hybridized carbons (Fsp3) is 0.182. The maximum Gasteiger partial charge on any atom is 0.191 e. The number of pyridine rings is 1. The van der Waals surface area contributed by atoms with Crippen LogP contribution in [0.3, 0.4) is 0 Å². The normalized spacial score (nSPS) is 11.2. The fourth-order valence-electron chi connectivity index (χ4n) is 2.56. The maximum atomic E-state index is 4.33. The average molecular weight is 377 g/mol. The third kappa shape index (κ3) is 6.46. The van der Waals surface area contributed by atoms with Gasteiger partial charge in [0.1, 0.15) is 0 Å². The van der Waals surface area contributed by atoms with Crippen molar-refractivity contribution in [1.82, 2.24) is 15.6 Å². The molecule has 2 N–H and O–H groups in total. The SMILES string of the molecule is CN=C(NCCc1ccccn1)NCc1ccc(Sc2ccccc2)cc1. The highest BCUT2D eigenvalue weighted by Crippen LogP contribution is 2.27. The highest BCUT2D eigenvalue weighted by molar-refractivity contribution is 7.99. The zero-order chi connectivity index (χ0) is 18.7. The number of guanidine groups is 1. The van der Waals surface area contributed by atoms with Crippen LogP contribution in [-0.2, 0) is 13.0 Å². The van der Waals surface area contributed by atoms with Gasteiger partial charge in [-0.2, -0.15) is 0 Å². The Kier molecular flexibility index (Phi) is 7.30. The van der Waals surface area contributed by atoms with E-state index in [0.717, 1.165) is 31.2 Å². The van der Waals surface area contributed by atoms with Crippen molar-refractivity contribution in [2.75, 3.05) is 13.6 Å². The van der Waals surface area contributed by atoms with E-state index in [1.165, 1.54) is 15.4 Å². The lowest BCUT2D eigenvalue weighted by Crippen LogP contribution is -2.37. The second-order valence-electron chi connectivity index (χ2n) is 5.98. The molecule has 3 aromatic rings. The summed E-state index contributed by atoms with van der Waals surface area (Å²) in [5, 5.41) is 6.68. The second kappa shape index (κ2) is 10.4. The molecule has 0 saturated carbocycles. The first-order chi connectivity index (χ1) is 13.3. The summed E-state index contributed by atoms with van der Waals surface area (Å²) < 4.78 is 0. The highest BCUT2D eigenvalue weighted by Gasteiger charge is 2.01. The number of nitrogens with one attached hydrogen (secondary N) is 2. The van der Waals surface area contributed by atoms with Crippen LogP contribution in [0.15, 0.2) is 93.8 Å². The first-order valence-electron chi connectivity index (χ1n) is 9.00. The monoisotopic (exact) mass is 376 g/mol. The predicted octanol–water partition coefficient (Wildman–Crippen LogP) is 4.14. The van der Waals surface area contributed by atoms with Crippen molar-refractivity contribution in [2.45, 2.75) is 22.8 Å². The zero-order valence-electron chi connectivity index (χ0n) is 15.4. The molecule has 1 aromatic heterocycles. The molecule has 27 heavy (non-hydrogen) atoms. The van der Waals surface area contributed by atoms with E-state index < -0.39 is 0 Å². The average Bonchev–Trinajstić information content (AvgIpc) is 2.73. The molecule has 138 valence electrons. The van der Waals surface area contributed by atoms with Gasteiger partial charge >= 0.3 is 0 Å². The summed E-state index contributed by atoms with van der Waals surface area (Å²) in [5.41, 5.74) is 2.30. The van der Waals surface area contributed by atoms with E-state index in [2.05, 4.69) is 69.1 Å². The minimum atomic E-state index is 0.736. The molecule has 0 radical (unpaired) electrons. The molecule has 0 unspecified atom stereocenters. The van der Waals surface area contributed by atoms with Crippen LogP contribution in [0.1, 0.15) is 11.3 Å². The predicted molar refractivity (Wildman–Crippen MR) is 113 cm³/mol. The van der Waals surface area contributed by atoms with Crippen LogP contribution in [0.25, 0.3) is 0 Å². The first kappa shape index (κ1) is 19.0. The van der Waals surface area contributed by atoms with Gasteiger partial charge in [-0.05, 0) is 42.0 Å². The maximum absolute atomic E-state index is 4.33. The van der Waals surface area contributed by atoms with Crippen LogP contribution in [0, 0.1) is 0 Å². The molecule has 0 amide bonds. The number of hydrogen-bond donors (Lipinski definition) is 2. The van der Waals surface area contributed by atoms with Crippen LogP contribution in [-0.4, -0.2) is 24.5 Å². The summed E-state index contributed by atoms with van der Waals surface area (Å²) in [6.07, 6.45) is 2.69. The van der Waals surface area contributed by atoms with E-state index in [9.17, 15) is 0 Å². The number of aromatic nitrogens is 1. The largest absolute Gasteiger partial charge is 0.356 e. The summed E-state index contributed by atoms with van der Waals surface area (Å²) in [6.45, 7) is 1.53. The molecule has 1 heterocycles. The van der Waals surface area contributed by atoms with Crippen molar-refractivity contribution in [3.8, 4) is 0 Å². The highest BCUT2D eigenvalue weighted by atomic mass is 32.2. The van der Waals surface area contributed by atoms with Crippen molar-refractivity contribution < 1.29 is 0 Å². The number of benzene rings is 2. The third-order valence-electron chi connectivity index (χ3n) is 3.99. The lowest BCUT2D eigenvalue weighted by molar-refractivity contribution is 0.784. The Morgan fingerprint density at radius 1 is 0.889 bits per heavy atom. The quantitative estimate of drug-likeness (QED) is 0.481. The van der Waals surface area contributed by atoms with E-state index in [0.29, 0.717) is 0 Å². The molecule has 5 heteroatoms. The van der Waals surface area contributed by atoms with Crippen LogP contribution in [0.2, 0.25) is 0 Å². The number of nitrogens with zero attached hydrogens (tertiary/aromatic N) is 2. The summed E-state index contributed by atoms with van der Waals surface area (Å²) in [4.78, 5) is 11.1. The summed E-state index contributed by atoms with van der Waals surface area (Å²) >= 11 is 1.77. The molecule has 0 fully saturated rings. The van der Waals surface area contributed by atoms with E-state index in [1.807, 2.05) is 30.5 Å². The number of rotatable bonds is 7. The van der Waals surface area contributed by atoms with Crippen LogP contribution < -0.4 is 10.6 Å². The van der Waals surface area contributed by atoms with Gasteiger partial charge in [0.25, 0.3) is 0 Å². The number of hydrogen-bond acceptors (Lipinski definition) is 3. The molecule has 0 bridgehead atoms. The summed E-state index contributed by atoms with van der Waals surface area (Å²) in [5.74, 6) is 0.800. The molecule has 3 rings (SSSR count). The lowest BCUT2D eigenvalue weighted by Gasteiger charge is -2.12. The van der Waals surface area contributed by atoms with Gasteiger partial charge < -0.3 is 10.6 Å². The Balaban J connectivity index is 1.44. The molecular weight excluding hydrogens is 352 g/mol. The fourth-order valence-corrected chi connectivity index (χ4v) is 3.40. The Bertz CT molecular complexity index is 833. The van der Waals surface area contributed by atoms with Crippen molar-refractivity contribution in [1.29, 1.82) is 0 Å². The standard InChI is InChI=1S/C22H24N4S/c1-23-22(25-16-14-19-7-5-6-15-24-19)26-17-18-10-12-21(13-11-18)27-20-8-3-2-4-9-20/h2-13,15H,14,16-17H2,1H3,(H2,23,25,26). The van der Waals surface area contributed by atoms with Crippen LogP contribution in [0.5, 0.6) is 0 Å². The second-order valence-corrected chi connectivity index (χ2v) is 7.13. The lowest BCUT2D eigenvalue weighted by atomic mass is 10.2. The van der Waals surface area contributed by atoms with Gasteiger partial charge in [0.05, 0.1) is 0 Å². The zero-order valence-corrected chi connectivity index (χ0v) is 16.2. The molecule has 0 aliphatic heterocycles. The van der Waals surface area contributed by atoms with Crippen molar-refractivity contribution in [3.05, 3.63) is 90.3 Å². The molecular formula is C22H24N4S. The smallest absolute Gasteiger partial charge is 0.191 e. The molecule has 0 aliphatic carbocycles. The van der Waals surface area contributed by atoms with E-state index >= 15 is 0 Å². The van der Waals surface area contributed by atoms with Gasteiger partial charge in [-0.3, -0.25) is 9.98 Å². The Hall–Kier alpha value is -2.79. The first-order valence-corrected chi connectivity index (χ1v) is 9.81. The summed E-state index contributed by atoms with van der Waals surface area (Å²) in [7, 11) is 1.79. The molecule has 0 atom stereocenters. The van der Waals surface area contributed by atoms with Crippen LogP contribution >= 0.6 is 11.8 Å². The van der Waals surface area contributed by atoms with Gasteiger partial charge in [-0.25, -0.2) is 0 Å². The van der Waals surface area contributed by atoms with Gasteiger partial charge in [0, 0.05) is 48.2 Å². The number of aliphatic imine (C=N–C) groups is 1. The third-order valence-corrected chi connectivity index (χ3v) is 5.00. The van der Waals surface area contributed by atoms with E-state index in [-0.39, 0.29) is 0 Å². The van der Waals surface area contributed by atoms with Gasteiger partial charge in [0.2, 0.25) is 0 Å². The van der Waals surface area contributed by atoms with Crippen molar-refractivity contribution >= 4 is 17.7 Å². The van der Waals surface area contributed by atoms with Crippen molar-refractivity contribution in [3.63, 3.8) is 0 Å². The van der Waals surface area contributed by atoms with Gasteiger partial charge in [0.15, 0.2) is 5.96 Å². The van der Waals surface area contributed by atoms with Crippen LogP contribution in [0.4, 0.5) is 0 Å². The van der Waals surface area contributed by atoms with E-state index in [4.69, 9.17) is 0 Å². The Morgan fingerprint density at radius 3 is 2.33 bits per heavy atom. The van der Waals surface area contributed by atoms with Gasteiger partial charge in [-0.15, -0.1) is 0 Å². The van der Waals surface area contributed by atoms with Crippen molar-refractivity contribution in [2.24, 2.45) is 4.99 Å². The summed E-state index contributed by atoms with van der Waals surface area (Å²) in [6, 6.07) is 25.0. The molecule has 0 aliphatic rings. The molecule has 2 aromatic carbocycles. The molecule has 4 nitrogen and oxygen atoms in total. The van der Waals surface area contributed by atoms with E-state index in [1.54, 1.807) is 18.8 Å². The minimum Gasteiger partial charge on any atom is -0.356 e. The molecule has 0 spiro atoms. The molecule has 0 saturated heterocycles. The topological polar surface area (TPSA) is 49.3 Å². The Labute approximate surface area is 165 Å². The minimum absolute atomic E-state index is 0.736.